The van der Waals surface area contributed by atoms with E-state index < -0.39 is 5.97 Å². The standard InChI is InChI=1S/C15H13ClO4/c16-12-6-7-14(13(8-12)15(17)18)20-10-19-9-11-4-2-1-3-5-11/h1-8H,9-10H2,(H,17,18). The van der Waals surface area contributed by atoms with E-state index in [4.69, 9.17) is 26.2 Å². The third-order valence-electron chi connectivity index (χ3n) is 2.58. The van der Waals surface area contributed by atoms with Gasteiger partial charge in [0.25, 0.3) is 0 Å². The predicted molar refractivity (Wildman–Crippen MR) is 75.1 cm³/mol. The van der Waals surface area contributed by atoms with Crippen molar-refractivity contribution < 1.29 is 19.4 Å². The molecule has 2 aromatic rings. The molecule has 0 saturated heterocycles. The lowest BCUT2D eigenvalue weighted by molar-refractivity contribution is 0.00432. The highest BCUT2D eigenvalue weighted by molar-refractivity contribution is 6.31. The third kappa shape index (κ3) is 3.98. The molecule has 0 aliphatic rings. The molecule has 5 heteroatoms. The van der Waals surface area contributed by atoms with Gasteiger partial charge >= 0.3 is 5.97 Å². The van der Waals surface area contributed by atoms with Crippen molar-refractivity contribution in [3.05, 3.63) is 64.7 Å². The van der Waals surface area contributed by atoms with Crippen LogP contribution in [0, 0.1) is 0 Å². The van der Waals surface area contributed by atoms with Crippen molar-refractivity contribution in [1.82, 2.24) is 0 Å². The van der Waals surface area contributed by atoms with Crippen LogP contribution < -0.4 is 4.74 Å². The van der Waals surface area contributed by atoms with E-state index in [1.54, 1.807) is 6.07 Å². The number of hydrogen-bond donors (Lipinski definition) is 1. The summed E-state index contributed by atoms with van der Waals surface area (Å²) in [6, 6.07) is 14.1. The molecule has 4 nitrogen and oxygen atoms in total. The first-order valence-corrected chi connectivity index (χ1v) is 6.32. The molecule has 0 atom stereocenters. The molecule has 20 heavy (non-hydrogen) atoms. The van der Waals surface area contributed by atoms with Crippen molar-refractivity contribution in [1.29, 1.82) is 0 Å². The molecule has 0 amide bonds. The first-order valence-electron chi connectivity index (χ1n) is 5.94. The first-order chi connectivity index (χ1) is 9.66. The van der Waals surface area contributed by atoms with Crippen LogP contribution in [-0.4, -0.2) is 17.9 Å². The Morgan fingerprint density at radius 3 is 2.60 bits per heavy atom. The fraction of sp³-hybridized carbons (Fsp3) is 0.133. The van der Waals surface area contributed by atoms with E-state index in [9.17, 15) is 4.79 Å². The SMILES string of the molecule is O=C(O)c1cc(Cl)ccc1OCOCc1ccccc1. The molecule has 1 N–H and O–H groups in total. The molecule has 0 aromatic heterocycles. The lowest BCUT2D eigenvalue weighted by atomic mass is 10.2. The zero-order valence-corrected chi connectivity index (χ0v) is 11.3. The summed E-state index contributed by atoms with van der Waals surface area (Å²) in [4.78, 5) is 11.0. The zero-order valence-electron chi connectivity index (χ0n) is 10.6. The summed E-state index contributed by atoms with van der Waals surface area (Å²) in [5.74, 6) is -0.861. The Labute approximate surface area is 121 Å². The second-order valence-corrected chi connectivity index (χ2v) is 4.48. The smallest absolute Gasteiger partial charge is 0.339 e. The highest BCUT2D eigenvalue weighted by Gasteiger charge is 2.11. The Kier molecular flexibility index (Phi) is 4.98. The molecule has 0 heterocycles. The van der Waals surface area contributed by atoms with Gasteiger partial charge in [0.05, 0.1) is 6.61 Å². The third-order valence-corrected chi connectivity index (χ3v) is 2.82. The van der Waals surface area contributed by atoms with Crippen LogP contribution >= 0.6 is 11.6 Å². The normalized spacial score (nSPS) is 10.2. The van der Waals surface area contributed by atoms with E-state index in [2.05, 4.69) is 0 Å². The highest BCUT2D eigenvalue weighted by atomic mass is 35.5. The molecule has 0 unspecified atom stereocenters. The van der Waals surface area contributed by atoms with Gasteiger partial charge in [-0.15, -0.1) is 0 Å². The zero-order chi connectivity index (χ0) is 14.4. The molecule has 0 fully saturated rings. The van der Waals surface area contributed by atoms with Gasteiger partial charge in [0.2, 0.25) is 0 Å². The van der Waals surface area contributed by atoms with Crippen molar-refractivity contribution in [2.75, 3.05) is 6.79 Å². The van der Waals surface area contributed by atoms with Gasteiger partial charge in [-0.2, -0.15) is 0 Å². The Balaban J connectivity index is 1.90. The number of benzene rings is 2. The Morgan fingerprint density at radius 1 is 1.15 bits per heavy atom. The number of rotatable bonds is 6. The monoisotopic (exact) mass is 292 g/mol. The first kappa shape index (κ1) is 14.4. The van der Waals surface area contributed by atoms with Crippen LogP contribution in [0.2, 0.25) is 5.02 Å². The second kappa shape index (κ2) is 6.93. The molecule has 0 aliphatic carbocycles. The number of hydrogen-bond acceptors (Lipinski definition) is 3. The van der Waals surface area contributed by atoms with Gasteiger partial charge in [0.1, 0.15) is 11.3 Å². The molecule has 0 saturated carbocycles. The van der Waals surface area contributed by atoms with E-state index >= 15 is 0 Å². The van der Waals surface area contributed by atoms with Crippen molar-refractivity contribution >= 4 is 17.6 Å². The molecule has 0 aliphatic heterocycles. The molecule has 0 bridgehead atoms. The number of carboxylic acid groups (broad SMARTS) is 1. The minimum absolute atomic E-state index is 0.0146. The number of carbonyl (C=O) groups is 1. The van der Waals surface area contributed by atoms with Gasteiger partial charge in [-0.05, 0) is 23.8 Å². The maximum absolute atomic E-state index is 11.0. The van der Waals surface area contributed by atoms with Crippen LogP contribution in [0.4, 0.5) is 0 Å². The van der Waals surface area contributed by atoms with Gasteiger partial charge in [0, 0.05) is 5.02 Å². The summed E-state index contributed by atoms with van der Waals surface area (Å²) in [5.41, 5.74) is 1.03. The molecule has 104 valence electrons. The van der Waals surface area contributed by atoms with Crippen molar-refractivity contribution in [2.45, 2.75) is 6.61 Å². The summed E-state index contributed by atoms with van der Waals surface area (Å²) < 4.78 is 10.7. The summed E-state index contributed by atoms with van der Waals surface area (Å²) in [6.45, 7) is 0.369. The quantitative estimate of drug-likeness (QED) is 0.653. The lowest BCUT2D eigenvalue weighted by Gasteiger charge is -2.10. The Bertz CT molecular complexity index is 584. The molecular formula is C15H13ClO4. The fourth-order valence-electron chi connectivity index (χ4n) is 1.63. The predicted octanol–water partition coefficient (Wildman–Crippen LogP) is 3.59. The van der Waals surface area contributed by atoms with Gasteiger partial charge in [-0.3, -0.25) is 0 Å². The van der Waals surface area contributed by atoms with Crippen molar-refractivity contribution in [3.63, 3.8) is 0 Å². The Hall–Kier alpha value is -2.04. The van der Waals surface area contributed by atoms with Crippen molar-refractivity contribution in [2.24, 2.45) is 0 Å². The van der Waals surface area contributed by atoms with Crippen LogP contribution in [0.25, 0.3) is 0 Å². The van der Waals surface area contributed by atoms with Crippen molar-refractivity contribution in [3.8, 4) is 5.75 Å². The molecule has 0 radical (unpaired) electrons. The number of aromatic carboxylic acids is 1. The molecule has 0 spiro atoms. The summed E-state index contributed by atoms with van der Waals surface area (Å²) in [6.07, 6.45) is 0. The summed E-state index contributed by atoms with van der Waals surface area (Å²) >= 11 is 5.75. The van der Waals surface area contributed by atoms with Crippen LogP contribution in [0.5, 0.6) is 5.75 Å². The maximum Gasteiger partial charge on any atom is 0.339 e. The lowest BCUT2D eigenvalue weighted by Crippen LogP contribution is -2.07. The van der Waals surface area contributed by atoms with E-state index in [-0.39, 0.29) is 18.1 Å². The second-order valence-electron chi connectivity index (χ2n) is 4.04. The average Bonchev–Trinajstić information content (AvgIpc) is 2.45. The van der Waals surface area contributed by atoms with Gasteiger partial charge in [-0.1, -0.05) is 41.9 Å². The van der Waals surface area contributed by atoms with Gasteiger partial charge < -0.3 is 14.6 Å². The minimum atomic E-state index is -1.09. The van der Waals surface area contributed by atoms with Gasteiger partial charge in [0.15, 0.2) is 6.79 Å². The minimum Gasteiger partial charge on any atom is -0.478 e. The topological polar surface area (TPSA) is 55.8 Å². The largest absolute Gasteiger partial charge is 0.478 e. The summed E-state index contributed by atoms with van der Waals surface area (Å²) in [7, 11) is 0. The van der Waals surface area contributed by atoms with Gasteiger partial charge in [-0.25, -0.2) is 4.79 Å². The van der Waals surface area contributed by atoms with E-state index in [0.29, 0.717) is 11.6 Å². The summed E-state index contributed by atoms with van der Waals surface area (Å²) in [5, 5.41) is 9.39. The maximum atomic E-state index is 11.0. The number of carboxylic acids is 1. The fourth-order valence-corrected chi connectivity index (χ4v) is 1.81. The van der Waals surface area contributed by atoms with Crippen LogP contribution in [0.3, 0.4) is 0 Å². The van der Waals surface area contributed by atoms with E-state index in [1.165, 1.54) is 12.1 Å². The van der Waals surface area contributed by atoms with Crippen LogP contribution in [-0.2, 0) is 11.3 Å². The Morgan fingerprint density at radius 2 is 1.90 bits per heavy atom. The van der Waals surface area contributed by atoms with Crippen LogP contribution in [0.1, 0.15) is 15.9 Å². The van der Waals surface area contributed by atoms with Crippen LogP contribution in [0.15, 0.2) is 48.5 Å². The molecule has 2 aromatic carbocycles. The van der Waals surface area contributed by atoms with E-state index in [0.717, 1.165) is 5.56 Å². The molecular weight excluding hydrogens is 280 g/mol. The number of ether oxygens (including phenoxy) is 2. The number of halogens is 1. The highest BCUT2D eigenvalue weighted by Crippen LogP contribution is 2.23. The molecule has 2 rings (SSSR count). The van der Waals surface area contributed by atoms with E-state index in [1.807, 2.05) is 30.3 Å². The average molecular weight is 293 g/mol.